The number of ether oxygens (including phenoxy) is 4. The second-order valence-corrected chi connectivity index (χ2v) is 6.02. The standard InChI is InChI=1S/C20H21NO7/c1-25-13-3-5-14(6-4-13)26-10-7-19(22)21-16-12-18-17(11-15(16)20(23)24)27-8-2-9-28-18/h3-6,11-12H,2,7-10H2,1H3,(H,21,22)(H,23,24). The van der Waals surface area contributed by atoms with Gasteiger partial charge in [0.25, 0.3) is 0 Å². The summed E-state index contributed by atoms with van der Waals surface area (Å²) in [5.74, 6) is 0.546. The highest BCUT2D eigenvalue weighted by atomic mass is 16.5. The zero-order chi connectivity index (χ0) is 19.9. The third kappa shape index (κ3) is 4.85. The Morgan fingerprint density at radius 2 is 1.71 bits per heavy atom. The van der Waals surface area contributed by atoms with E-state index >= 15 is 0 Å². The minimum atomic E-state index is -1.17. The number of hydrogen-bond donors (Lipinski definition) is 2. The van der Waals surface area contributed by atoms with Crippen molar-refractivity contribution in [2.75, 3.05) is 32.2 Å². The van der Waals surface area contributed by atoms with E-state index in [1.807, 2.05) is 0 Å². The molecule has 148 valence electrons. The minimum Gasteiger partial charge on any atom is -0.497 e. The maximum absolute atomic E-state index is 12.2. The topological polar surface area (TPSA) is 103 Å². The first-order chi connectivity index (χ1) is 13.6. The summed E-state index contributed by atoms with van der Waals surface area (Å²) < 4.78 is 21.6. The third-order valence-electron chi connectivity index (χ3n) is 4.05. The van der Waals surface area contributed by atoms with Gasteiger partial charge in [-0.1, -0.05) is 0 Å². The van der Waals surface area contributed by atoms with E-state index in [1.54, 1.807) is 31.4 Å². The monoisotopic (exact) mass is 387 g/mol. The van der Waals surface area contributed by atoms with Gasteiger partial charge in [0, 0.05) is 18.6 Å². The van der Waals surface area contributed by atoms with Gasteiger partial charge in [0.1, 0.15) is 11.5 Å². The van der Waals surface area contributed by atoms with E-state index in [2.05, 4.69) is 5.32 Å². The number of hydrogen-bond acceptors (Lipinski definition) is 6. The Balaban J connectivity index is 1.62. The molecule has 0 bridgehead atoms. The summed E-state index contributed by atoms with van der Waals surface area (Å²) in [7, 11) is 1.57. The van der Waals surface area contributed by atoms with Gasteiger partial charge in [-0.05, 0) is 24.3 Å². The lowest BCUT2D eigenvalue weighted by Gasteiger charge is -2.14. The van der Waals surface area contributed by atoms with E-state index in [0.29, 0.717) is 42.6 Å². The Hall–Kier alpha value is -3.42. The van der Waals surface area contributed by atoms with Crippen molar-refractivity contribution in [2.45, 2.75) is 12.8 Å². The predicted octanol–water partition coefficient (Wildman–Crippen LogP) is 2.96. The van der Waals surface area contributed by atoms with Crippen molar-refractivity contribution in [3.8, 4) is 23.0 Å². The zero-order valence-electron chi connectivity index (χ0n) is 15.4. The van der Waals surface area contributed by atoms with E-state index in [-0.39, 0.29) is 30.2 Å². The molecule has 3 rings (SSSR count). The first-order valence-electron chi connectivity index (χ1n) is 8.80. The van der Waals surface area contributed by atoms with Crippen LogP contribution < -0.4 is 24.3 Å². The number of carbonyl (C=O) groups excluding carboxylic acids is 1. The van der Waals surface area contributed by atoms with Crippen LogP contribution in [0, 0.1) is 0 Å². The molecule has 0 radical (unpaired) electrons. The Kier molecular flexibility index (Phi) is 6.21. The van der Waals surface area contributed by atoms with Crippen LogP contribution in [0.3, 0.4) is 0 Å². The molecule has 1 amide bonds. The average Bonchev–Trinajstić information content (AvgIpc) is 2.92. The Labute approximate surface area is 162 Å². The number of carbonyl (C=O) groups is 2. The molecule has 0 aliphatic carbocycles. The van der Waals surface area contributed by atoms with Gasteiger partial charge in [-0.15, -0.1) is 0 Å². The van der Waals surface area contributed by atoms with Crippen LogP contribution in [0.1, 0.15) is 23.2 Å². The van der Waals surface area contributed by atoms with Gasteiger partial charge in [-0.2, -0.15) is 0 Å². The molecule has 0 atom stereocenters. The lowest BCUT2D eigenvalue weighted by Crippen LogP contribution is -2.17. The number of aromatic carboxylic acids is 1. The minimum absolute atomic E-state index is 0.0551. The molecule has 0 saturated heterocycles. The molecular weight excluding hydrogens is 366 g/mol. The molecule has 0 unspecified atom stereocenters. The van der Waals surface area contributed by atoms with Crippen molar-refractivity contribution in [3.05, 3.63) is 42.0 Å². The smallest absolute Gasteiger partial charge is 0.337 e. The second-order valence-electron chi connectivity index (χ2n) is 6.02. The molecule has 8 nitrogen and oxygen atoms in total. The van der Waals surface area contributed by atoms with E-state index in [0.717, 1.165) is 0 Å². The van der Waals surface area contributed by atoms with Crippen molar-refractivity contribution < 1.29 is 33.6 Å². The van der Waals surface area contributed by atoms with Crippen LogP contribution in [0.2, 0.25) is 0 Å². The lowest BCUT2D eigenvalue weighted by molar-refractivity contribution is -0.116. The number of carboxylic acids is 1. The molecule has 8 heteroatoms. The number of nitrogens with one attached hydrogen (secondary N) is 1. The van der Waals surface area contributed by atoms with E-state index in [1.165, 1.54) is 12.1 Å². The van der Waals surface area contributed by atoms with Crippen molar-refractivity contribution in [1.82, 2.24) is 0 Å². The van der Waals surface area contributed by atoms with Crippen LogP contribution in [-0.2, 0) is 4.79 Å². The fourth-order valence-electron chi connectivity index (χ4n) is 2.64. The first-order valence-corrected chi connectivity index (χ1v) is 8.80. The maximum Gasteiger partial charge on any atom is 0.337 e. The molecule has 2 N–H and O–H groups in total. The fraction of sp³-hybridized carbons (Fsp3) is 0.300. The number of fused-ring (bicyclic) bond motifs is 1. The maximum atomic E-state index is 12.2. The van der Waals surface area contributed by atoms with Crippen molar-refractivity contribution in [3.63, 3.8) is 0 Å². The van der Waals surface area contributed by atoms with Crippen LogP contribution in [0.4, 0.5) is 5.69 Å². The van der Waals surface area contributed by atoms with Gasteiger partial charge in [0.05, 0.1) is 44.6 Å². The van der Waals surface area contributed by atoms with Gasteiger partial charge >= 0.3 is 5.97 Å². The predicted molar refractivity (Wildman–Crippen MR) is 101 cm³/mol. The van der Waals surface area contributed by atoms with Crippen LogP contribution in [-0.4, -0.2) is 43.9 Å². The molecule has 0 spiro atoms. The summed E-state index contributed by atoms with van der Waals surface area (Å²) in [5, 5.41) is 12.0. The number of rotatable bonds is 7. The molecule has 1 heterocycles. The quantitative estimate of drug-likeness (QED) is 0.753. The van der Waals surface area contributed by atoms with Crippen molar-refractivity contribution in [2.24, 2.45) is 0 Å². The van der Waals surface area contributed by atoms with Gasteiger partial charge in [-0.25, -0.2) is 4.79 Å². The van der Waals surface area contributed by atoms with Gasteiger partial charge in [0.15, 0.2) is 11.5 Å². The Morgan fingerprint density at radius 3 is 2.36 bits per heavy atom. The van der Waals surface area contributed by atoms with E-state index in [4.69, 9.17) is 18.9 Å². The molecule has 28 heavy (non-hydrogen) atoms. The molecule has 2 aromatic rings. The van der Waals surface area contributed by atoms with Crippen LogP contribution in [0.15, 0.2) is 36.4 Å². The largest absolute Gasteiger partial charge is 0.497 e. The molecule has 1 aliphatic rings. The summed E-state index contributed by atoms with van der Waals surface area (Å²) in [6.45, 7) is 1.05. The highest BCUT2D eigenvalue weighted by Crippen LogP contribution is 2.35. The first kappa shape index (κ1) is 19.3. The van der Waals surface area contributed by atoms with Gasteiger partial charge in [-0.3, -0.25) is 4.79 Å². The second kappa shape index (κ2) is 8.98. The number of amides is 1. The van der Waals surface area contributed by atoms with Crippen molar-refractivity contribution >= 4 is 17.6 Å². The average molecular weight is 387 g/mol. The molecule has 2 aromatic carbocycles. The zero-order valence-corrected chi connectivity index (χ0v) is 15.4. The highest BCUT2D eigenvalue weighted by Gasteiger charge is 2.20. The number of methoxy groups -OCH3 is 1. The number of benzene rings is 2. The lowest BCUT2D eigenvalue weighted by atomic mass is 10.1. The molecule has 0 aromatic heterocycles. The third-order valence-corrected chi connectivity index (χ3v) is 4.05. The normalized spacial score (nSPS) is 12.6. The summed E-state index contributed by atoms with van der Waals surface area (Å²) in [6.07, 6.45) is 0.751. The highest BCUT2D eigenvalue weighted by molar-refractivity contribution is 6.01. The van der Waals surface area contributed by atoms with Crippen LogP contribution in [0.25, 0.3) is 0 Å². The molecule has 0 saturated carbocycles. The van der Waals surface area contributed by atoms with Gasteiger partial charge in [0.2, 0.25) is 5.91 Å². The van der Waals surface area contributed by atoms with E-state index in [9.17, 15) is 14.7 Å². The summed E-state index contributed by atoms with van der Waals surface area (Å²) in [5.41, 5.74) is 0.0971. The van der Waals surface area contributed by atoms with Crippen LogP contribution >= 0.6 is 0 Å². The summed E-state index contributed by atoms with van der Waals surface area (Å²) >= 11 is 0. The summed E-state index contributed by atoms with van der Waals surface area (Å²) in [6, 6.07) is 9.84. The number of anilines is 1. The van der Waals surface area contributed by atoms with Crippen LogP contribution in [0.5, 0.6) is 23.0 Å². The van der Waals surface area contributed by atoms with Gasteiger partial charge < -0.3 is 29.4 Å². The van der Waals surface area contributed by atoms with E-state index < -0.39 is 5.97 Å². The fourth-order valence-corrected chi connectivity index (χ4v) is 2.64. The molecule has 0 fully saturated rings. The SMILES string of the molecule is COc1ccc(OCCC(=O)Nc2cc3c(cc2C(=O)O)OCCCO3)cc1. The Morgan fingerprint density at radius 1 is 1.07 bits per heavy atom. The van der Waals surface area contributed by atoms with Crippen molar-refractivity contribution in [1.29, 1.82) is 0 Å². The molecule has 1 aliphatic heterocycles. The Bertz CT molecular complexity index is 848. The molecular formula is C20H21NO7. The summed E-state index contributed by atoms with van der Waals surface area (Å²) in [4.78, 5) is 23.8. The number of carboxylic acid groups (broad SMARTS) is 1.